The minimum Gasteiger partial charge on any atom is -0.445 e. The Morgan fingerprint density at radius 2 is 1.71 bits per heavy atom. The molecule has 4 N–H and O–H groups in total. The van der Waals surface area contributed by atoms with Crippen molar-refractivity contribution in [3.8, 4) is 0 Å². The van der Waals surface area contributed by atoms with Crippen LogP contribution in [0.2, 0.25) is 5.02 Å². The molecule has 2 aliphatic rings. The van der Waals surface area contributed by atoms with Crippen molar-refractivity contribution in [1.82, 2.24) is 16.0 Å². The molecule has 8 nitrogen and oxygen atoms in total. The number of halogens is 1. The Balaban J connectivity index is 1.28. The monoisotopic (exact) mass is 583 g/mol. The van der Waals surface area contributed by atoms with Crippen LogP contribution in [0.5, 0.6) is 0 Å². The number of ether oxygens (including phenoxy) is 1. The maximum absolute atomic E-state index is 13.3. The summed E-state index contributed by atoms with van der Waals surface area (Å²) in [5.74, 6) is -0.143. The normalized spacial score (nSPS) is 17.6. The lowest BCUT2D eigenvalue weighted by atomic mass is 9.84. The first kappa shape index (κ1) is 30.8. The Hall–Kier alpha value is -3.10. The summed E-state index contributed by atoms with van der Waals surface area (Å²) in [6.07, 6.45) is 8.39. The summed E-state index contributed by atoms with van der Waals surface area (Å²) in [7, 11) is 0. The van der Waals surface area contributed by atoms with Crippen molar-refractivity contribution in [3.05, 3.63) is 70.7 Å². The first-order valence-corrected chi connectivity index (χ1v) is 15.2. The van der Waals surface area contributed by atoms with Gasteiger partial charge in [-0.1, -0.05) is 86.2 Å². The minimum absolute atomic E-state index is 0.0320. The van der Waals surface area contributed by atoms with Crippen LogP contribution in [0.3, 0.4) is 0 Å². The second kappa shape index (κ2) is 15.2. The molecule has 2 aliphatic carbocycles. The second-order valence-corrected chi connectivity index (χ2v) is 12.0. The van der Waals surface area contributed by atoms with E-state index in [1.54, 1.807) is 24.3 Å². The van der Waals surface area contributed by atoms with Crippen molar-refractivity contribution < 1.29 is 24.2 Å². The number of hydrogen-bond donors (Lipinski definition) is 4. The number of rotatable bonds is 14. The van der Waals surface area contributed by atoms with Gasteiger partial charge in [0.15, 0.2) is 0 Å². The molecule has 0 bridgehead atoms. The predicted octanol–water partition coefficient (Wildman–Crippen LogP) is 5.05. The predicted molar refractivity (Wildman–Crippen MR) is 158 cm³/mol. The van der Waals surface area contributed by atoms with Gasteiger partial charge in [0, 0.05) is 17.0 Å². The number of carbonyl (C=O) groups excluding carboxylic acids is 3. The van der Waals surface area contributed by atoms with E-state index in [2.05, 4.69) is 28.1 Å². The van der Waals surface area contributed by atoms with Gasteiger partial charge in [-0.3, -0.25) is 9.59 Å². The van der Waals surface area contributed by atoms with Gasteiger partial charge in [-0.15, -0.1) is 0 Å². The van der Waals surface area contributed by atoms with Crippen LogP contribution in [0.25, 0.3) is 0 Å². The zero-order valence-electron chi connectivity index (χ0n) is 23.6. The van der Waals surface area contributed by atoms with Crippen LogP contribution >= 0.6 is 11.6 Å². The van der Waals surface area contributed by atoms with Crippen molar-refractivity contribution in [2.45, 2.75) is 94.9 Å². The summed E-state index contributed by atoms with van der Waals surface area (Å²) < 4.78 is 5.37. The lowest BCUT2D eigenvalue weighted by molar-refractivity contribution is -0.126. The number of carbonyl (C=O) groups is 3. The Morgan fingerprint density at radius 3 is 2.39 bits per heavy atom. The van der Waals surface area contributed by atoms with E-state index in [1.807, 2.05) is 18.2 Å². The summed E-state index contributed by atoms with van der Waals surface area (Å²) in [6, 6.07) is 15.7. The molecule has 0 aromatic heterocycles. The Bertz CT molecular complexity index is 1150. The zero-order chi connectivity index (χ0) is 29.1. The summed E-state index contributed by atoms with van der Waals surface area (Å²) in [6.45, 7) is -0.270. The van der Waals surface area contributed by atoms with Gasteiger partial charge < -0.3 is 25.8 Å². The standard InChI is InChI=1S/C32H42ClN3O5/c33-26-13-7-12-25(18-26)22-41-31(40)35-28(19-23-8-3-1-4-9-23)30(39)34-27(21-37)14-15-29(38)36-32(16-17-32)20-24-10-5-2-6-11-24/h2,5-7,10-13,18,23,27-28,37H,1,3-4,8-9,14-17,19-22H2,(H,34,39)(H,35,40)(H,36,38)/t27-,28-/m0/s1. The van der Waals surface area contributed by atoms with Crippen LogP contribution in [-0.4, -0.2) is 47.2 Å². The molecule has 0 heterocycles. The van der Waals surface area contributed by atoms with Crippen LogP contribution < -0.4 is 16.0 Å². The fraction of sp³-hybridized carbons (Fsp3) is 0.531. The molecule has 9 heteroatoms. The average Bonchev–Trinajstić information content (AvgIpc) is 3.73. The van der Waals surface area contributed by atoms with Crippen molar-refractivity contribution in [3.63, 3.8) is 0 Å². The van der Waals surface area contributed by atoms with Crippen LogP contribution in [0.4, 0.5) is 4.79 Å². The molecule has 2 atom stereocenters. The fourth-order valence-electron chi connectivity index (χ4n) is 5.61. The third-order valence-corrected chi connectivity index (χ3v) is 8.33. The highest BCUT2D eigenvalue weighted by molar-refractivity contribution is 6.30. The molecular formula is C32H42ClN3O5. The quantitative estimate of drug-likeness (QED) is 0.248. The largest absolute Gasteiger partial charge is 0.445 e. The first-order chi connectivity index (χ1) is 19.8. The van der Waals surface area contributed by atoms with Gasteiger partial charge in [0.2, 0.25) is 11.8 Å². The van der Waals surface area contributed by atoms with Crippen LogP contribution in [0.15, 0.2) is 54.6 Å². The highest BCUT2D eigenvalue weighted by atomic mass is 35.5. The number of aliphatic hydroxyl groups excluding tert-OH is 1. The van der Waals surface area contributed by atoms with Crippen molar-refractivity contribution in [2.75, 3.05) is 6.61 Å². The number of hydrogen-bond acceptors (Lipinski definition) is 5. The smallest absolute Gasteiger partial charge is 0.408 e. The van der Waals surface area contributed by atoms with Gasteiger partial charge in [-0.05, 0) is 61.3 Å². The third-order valence-electron chi connectivity index (χ3n) is 8.09. The van der Waals surface area contributed by atoms with Crippen molar-refractivity contribution >= 4 is 29.5 Å². The van der Waals surface area contributed by atoms with E-state index in [1.165, 1.54) is 12.0 Å². The van der Waals surface area contributed by atoms with Crippen LogP contribution in [-0.2, 0) is 27.4 Å². The molecule has 2 aromatic rings. The molecule has 0 aliphatic heterocycles. The molecule has 0 unspecified atom stereocenters. The number of benzene rings is 2. The van der Waals surface area contributed by atoms with E-state index in [4.69, 9.17) is 16.3 Å². The molecule has 2 aromatic carbocycles. The van der Waals surface area contributed by atoms with E-state index in [0.717, 1.165) is 50.5 Å². The average molecular weight is 584 g/mol. The second-order valence-electron chi connectivity index (χ2n) is 11.6. The molecule has 2 fully saturated rings. The highest BCUT2D eigenvalue weighted by Crippen LogP contribution is 2.38. The fourth-order valence-corrected chi connectivity index (χ4v) is 5.82. The SMILES string of the molecule is O=C(CC[C@@H](CO)NC(=O)[C@H](CC1CCCCC1)NC(=O)OCc1cccc(Cl)c1)NC1(Cc2ccccc2)CC1. The number of alkyl carbamates (subject to hydrolysis) is 1. The first-order valence-electron chi connectivity index (χ1n) is 14.8. The van der Waals surface area contributed by atoms with Crippen molar-refractivity contribution in [2.24, 2.45) is 5.92 Å². The highest BCUT2D eigenvalue weighted by Gasteiger charge is 2.43. The van der Waals surface area contributed by atoms with Gasteiger partial charge in [-0.25, -0.2) is 4.79 Å². The summed E-state index contributed by atoms with van der Waals surface area (Å²) in [5, 5.41) is 19.3. The van der Waals surface area contributed by atoms with E-state index in [0.29, 0.717) is 23.8 Å². The topological polar surface area (TPSA) is 117 Å². The molecule has 41 heavy (non-hydrogen) atoms. The summed E-state index contributed by atoms with van der Waals surface area (Å²) in [5.41, 5.74) is 1.74. The van der Waals surface area contributed by atoms with E-state index in [-0.39, 0.29) is 37.0 Å². The summed E-state index contributed by atoms with van der Waals surface area (Å²) >= 11 is 6.01. The molecule has 222 valence electrons. The number of amides is 3. The lowest BCUT2D eigenvalue weighted by Gasteiger charge is -2.28. The van der Waals surface area contributed by atoms with Gasteiger partial charge in [0.25, 0.3) is 0 Å². The molecule has 0 radical (unpaired) electrons. The van der Waals surface area contributed by atoms with Crippen molar-refractivity contribution in [1.29, 1.82) is 0 Å². The molecule has 0 spiro atoms. The van der Waals surface area contributed by atoms with E-state index < -0.39 is 18.2 Å². The van der Waals surface area contributed by atoms with Gasteiger partial charge >= 0.3 is 6.09 Å². The number of aliphatic hydroxyl groups is 1. The zero-order valence-corrected chi connectivity index (χ0v) is 24.3. The summed E-state index contributed by atoms with van der Waals surface area (Å²) in [4.78, 5) is 38.7. The molecule has 2 saturated carbocycles. The van der Waals surface area contributed by atoms with Gasteiger partial charge in [0.1, 0.15) is 12.6 Å². The maximum Gasteiger partial charge on any atom is 0.408 e. The minimum atomic E-state index is -0.798. The van der Waals surface area contributed by atoms with Gasteiger partial charge in [-0.2, -0.15) is 0 Å². The maximum atomic E-state index is 13.3. The number of nitrogens with one attached hydrogen (secondary N) is 3. The van der Waals surface area contributed by atoms with Crippen LogP contribution in [0.1, 0.15) is 75.3 Å². The molecular weight excluding hydrogens is 542 g/mol. The molecule has 4 rings (SSSR count). The Kier molecular flexibility index (Phi) is 11.5. The molecule has 0 saturated heterocycles. The van der Waals surface area contributed by atoms with E-state index in [9.17, 15) is 19.5 Å². The molecule has 3 amide bonds. The Labute approximate surface area is 247 Å². The third kappa shape index (κ3) is 10.3. The van der Waals surface area contributed by atoms with E-state index >= 15 is 0 Å². The van der Waals surface area contributed by atoms with Gasteiger partial charge in [0.05, 0.1) is 12.6 Å². The Morgan fingerprint density at radius 1 is 0.976 bits per heavy atom. The lowest BCUT2D eigenvalue weighted by Crippen LogP contribution is -2.51. The van der Waals surface area contributed by atoms with Crippen LogP contribution in [0, 0.1) is 5.92 Å².